The number of rotatable bonds is 6. The fraction of sp³-hybridized carbons (Fsp3) is 0.536. The van der Waals surface area contributed by atoms with E-state index in [1.807, 2.05) is 4.90 Å². The number of ether oxygens (including phenoxy) is 5. The number of piperazine rings is 1. The van der Waals surface area contributed by atoms with E-state index in [4.69, 9.17) is 23.7 Å². The summed E-state index contributed by atoms with van der Waals surface area (Å²) in [5.74, 6) is -8.66. The number of amides is 1. The number of ketones is 1. The Morgan fingerprint density at radius 1 is 0.875 bits per heavy atom. The van der Waals surface area contributed by atoms with E-state index in [1.165, 1.54) is 61.6 Å². The van der Waals surface area contributed by atoms with Gasteiger partial charge in [-0.2, -0.15) is 0 Å². The van der Waals surface area contributed by atoms with Crippen LogP contribution in [0.2, 0.25) is 0 Å². The van der Waals surface area contributed by atoms with E-state index >= 15 is 4.79 Å². The van der Waals surface area contributed by atoms with Crippen molar-refractivity contribution in [3.8, 4) is 23.0 Å². The van der Waals surface area contributed by atoms with Crippen LogP contribution >= 0.6 is 0 Å². The van der Waals surface area contributed by atoms with Crippen LogP contribution in [0.5, 0.6) is 23.0 Å². The van der Waals surface area contributed by atoms with Crippen molar-refractivity contribution in [1.29, 1.82) is 0 Å². The number of allylic oxidation sites excluding steroid dienone is 2. The largest absolute Gasteiger partial charge is 0.505 e. The first kappa shape index (κ1) is 55.4. The predicted octanol–water partition coefficient (Wildman–Crippen LogP) is 8.25. The molecule has 16 nitrogen and oxygen atoms in total. The molecule has 4 heterocycles. The third-order valence-corrected chi connectivity index (χ3v) is 14.7. The van der Waals surface area contributed by atoms with Gasteiger partial charge < -0.3 is 54.3 Å². The van der Waals surface area contributed by atoms with Gasteiger partial charge in [-0.3, -0.25) is 24.1 Å². The lowest BCUT2D eigenvalue weighted by atomic mass is 9.78. The molecule has 72 heavy (non-hydrogen) atoms. The number of hydrogen-bond donors (Lipinski definition) is 5. The minimum absolute atomic E-state index is 0.0349. The summed E-state index contributed by atoms with van der Waals surface area (Å²) in [6.07, 6.45) is 3.62. The van der Waals surface area contributed by atoms with Gasteiger partial charge in [0, 0.05) is 93.9 Å². The molecular formula is C56H75N3O13. The van der Waals surface area contributed by atoms with E-state index < -0.39 is 94.4 Å². The number of anilines is 2. The number of Topliss-reactive ketones (excluding diaryl/α,β-unsaturated/α-hetero) is 1. The minimum Gasteiger partial charge on any atom is -0.505 e. The van der Waals surface area contributed by atoms with Crippen molar-refractivity contribution < 1.29 is 63.3 Å². The Bertz CT molecular complexity index is 2670. The second kappa shape index (κ2) is 21.6. The molecule has 5 N–H and O–H groups in total. The van der Waals surface area contributed by atoms with Gasteiger partial charge in [0.25, 0.3) is 11.7 Å². The van der Waals surface area contributed by atoms with Gasteiger partial charge in [-0.25, -0.2) is 0 Å². The number of carbonyl (C=O) groups excluding carboxylic acids is 4. The van der Waals surface area contributed by atoms with Gasteiger partial charge >= 0.3 is 17.7 Å². The molecule has 4 aliphatic rings. The molecule has 3 aromatic carbocycles. The standard InChI is InChI=1S/C56H75N3O13/c1-28-25-31(4)38(32(5)26-28)27-58-20-22-59(23-21-58)44-43-47(63)41-40(48(44)64)42-51(36(9)50(41)71-54(67)55(11,12)13)72-56(14,52(42)65)69-24-19-39(68-15)33(6)49(70-37(10)60)35(8)46(62)34(7)45(61)29(2)17-16-18-30(3)53(66)57-43/h16-19,24-26,29,33-35,39,45-46,49,61-64H,20-23,27H2,1-15H3,(H,57,66)/b17-16+,24-19+,30-18-/t29-,33+,34+,35+,39-,45-,46+,49+,56-/m0/s1. The summed E-state index contributed by atoms with van der Waals surface area (Å²) in [5, 5.41) is 51.3. The number of methoxy groups -OCH3 is 1. The van der Waals surface area contributed by atoms with Crippen LogP contribution in [0.25, 0.3) is 10.8 Å². The lowest BCUT2D eigenvalue weighted by Gasteiger charge is -2.38. The fourth-order valence-corrected chi connectivity index (χ4v) is 10.2. The highest BCUT2D eigenvalue weighted by atomic mass is 16.7. The zero-order valence-electron chi connectivity index (χ0n) is 44.6. The number of aryl methyl sites for hydroxylation is 3. The lowest BCUT2D eigenvalue weighted by molar-refractivity contribution is -0.160. The lowest BCUT2D eigenvalue weighted by Crippen LogP contribution is -2.46. The van der Waals surface area contributed by atoms with Crippen molar-refractivity contribution in [2.75, 3.05) is 43.5 Å². The van der Waals surface area contributed by atoms with Crippen LogP contribution in [0.3, 0.4) is 0 Å². The Kier molecular flexibility index (Phi) is 16.6. The molecule has 7 rings (SSSR count). The van der Waals surface area contributed by atoms with Crippen molar-refractivity contribution in [2.45, 2.75) is 134 Å². The monoisotopic (exact) mass is 998 g/mol. The first-order valence-electron chi connectivity index (χ1n) is 24.8. The van der Waals surface area contributed by atoms with E-state index in [0.717, 1.165) is 0 Å². The maximum absolute atomic E-state index is 15.0. The SMILES string of the molecule is CO[C@H]1/C=C/O[C@@]2(C)Oc3c(C)c(OC(=O)C(C)(C)C)c4c(O)c(c(N5CCN(Cc6c(C)cc(C)cc6C)CC5)c(O)c4c3C2=O)NC(=O)/C(C)=C\C=C\[C@H](C)[C@H](O)[C@@H](C)[C@@H](O)[C@@H](C)[C@H](OC(C)=O)[C@@H]1C. The molecule has 1 saturated heterocycles. The first-order valence-corrected chi connectivity index (χ1v) is 24.8. The molecule has 0 spiro atoms. The highest BCUT2D eigenvalue weighted by Gasteiger charge is 2.51. The third-order valence-electron chi connectivity index (χ3n) is 14.7. The summed E-state index contributed by atoms with van der Waals surface area (Å²) in [7, 11) is 1.45. The molecule has 392 valence electrons. The molecule has 9 atom stereocenters. The summed E-state index contributed by atoms with van der Waals surface area (Å²) in [5.41, 5.74) is 3.74. The summed E-state index contributed by atoms with van der Waals surface area (Å²) in [4.78, 5) is 59.8. The average molecular weight is 998 g/mol. The fourth-order valence-electron chi connectivity index (χ4n) is 10.2. The van der Waals surface area contributed by atoms with Crippen molar-refractivity contribution >= 4 is 45.8 Å². The molecular weight excluding hydrogens is 923 g/mol. The number of hydrogen-bond acceptors (Lipinski definition) is 15. The topological polar surface area (TPSA) is 214 Å². The van der Waals surface area contributed by atoms with Gasteiger partial charge in [0.1, 0.15) is 34.7 Å². The highest BCUT2D eigenvalue weighted by molar-refractivity contribution is 6.24. The van der Waals surface area contributed by atoms with Crippen molar-refractivity contribution in [2.24, 2.45) is 29.1 Å². The summed E-state index contributed by atoms with van der Waals surface area (Å²) >= 11 is 0. The molecule has 0 saturated carbocycles. The van der Waals surface area contributed by atoms with E-state index in [0.29, 0.717) is 32.7 Å². The van der Waals surface area contributed by atoms with E-state index in [9.17, 15) is 34.8 Å². The number of esters is 2. The maximum atomic E-state index is 15.0. The zero-order chi connectivity index (χ0) is 53.5. The number of nitrogens with zero attached hydrogens (tertiary/aromatic N) is 2. The average Bonchev–Trinajstić information content (AvgIpc) is 3.58. The Morgan fingerprint density at radius 3 is 2.08 bits per heavy atom. The number of carbonyl (C=O) groups is 4. The van der Waals surface area contributed by atoms with Crippen LogP contribution in [0.4, 0.5) is 11.4 Å². The number of nitrogens with one attached hydrogen (secondary N) is 1. The number of fused-ring (bicyclic) bond motifs is 14. The minimum atomic E-state index is -2.10. The molecule has 0 aromatic heterocycles. The smallest absolute Gasteiger partial charge is 0.316 e. The van der Waals surface area contributed by atoms with Gasteiger partial charge in [-0.05, 0) is 78.2 Å². The van der Waals surface area contributed by atoms with Crippen LogP contribution in [0, 0.1) is 56.8 Å². The number of phenolic OH excluding ortho intramolecular Hbond substituents is 2. The second-order valence-corrected chi connectivity index (χ2v) is 21.3. The van der Waals surface area contributed by atoms with Crippen molar-refractivity contribution in [3.05, 3.63) is 81.7 Å². The van der Waals surface area contributed by atoms with Crippen molar-refractivity contribution in [1.82, 2.24) is 4.90 Å². The van der Waals surface area contributed by atoms with Gasteiger partial charge in [0.05, 0.1) is 40.9 Å². The summed E-state index contributed by atoms with van der Waals surface area (Å²) in [6.45, 7) is 26.4. The molecule has 3 aromatic rings. The van der Waals surface area contributed by atoms with Gasteiger partial charge in [0.2, 0.25) is 0 Å². The second-order valence-electron chi connectivity index (χ2n) is 21.3. The van der Waals surface area contributed by atoms with Gasteiger partial charge in [-0.1, -0.05) is 63.6 Å². The van der Waals surface area contributed by atoms with Crippen molar-refractivity contribution in [3.63, 3.8) is 0 Å². The first-order chi connectivity index (χ1) is 33.6. The number of phenols is 2. The molecule has 0 radical (unpaired) electrons. The van der Waals surface area contributed by atoms with E-state index in [1.54, 1.807) is 74.5 Å². The Morgan fingerprint density at radius 2 is 1.50 bits per heavy atom. The zero-order valence-corrected chi connectivity index (χ0v) is 44.6. The molecule has 5 bridgehead atoms. The number of aromatic hydroxyl groups is 2. The number of aliphatic hydroxyl groups is 2. The van der Waals surface area contributed by atoms with Crippen LogP contribution in [-0.4, -0.2) is 112 Å². The molecule has 16 heteroatoms. The van der Waals surface area contributed by atoms with Gasteiger partial charge in [0.15, 0.2) is 5.75 Å². The Balaban J connectivity index is 1.57. The molecule has 1 amide bonds. The molecule has 1 fully saturated rings. The number of benzene rings is 3. The molecule has 4 aliphatic heterocycles. The quantitative estimate of drug-likeness (QED) is 0.0681. The Hall–Kier alpha value is -5.94. The molecule has 0 aliphatic carbocycles. The molecule has 0 unspecified atom stereocenters. The van der Waals surface area contributed by atoms with Crippen LogP contribution < -0.4 is 19.7 Å². The summed E-state index contributed by atoms with van der Waals surface area (Å²) < 4.78 is 30.4. The third kappa shape index (κ3) is 11.0. The van der Waals surface area contributed by atoms with Crippen LogP contribution in [-0.2, 0) is 35.1 Å². The van der Waals surface area contributed by atoms with E-state index in [2.05, 4.69) is 43.1 Å². The normalized spacial score (nSPS) is 28.5. The van der Waals surface area contributed by atoms with Crippen LogP contribution in [0.1, 0.15) is 107 Å². The predicted molar refractivity (Wildman–Crippen MR) is 275 cm³/mol. The number of aliphatic hydroxyl groups excluding tert-OH is 2. The Labute approximate surface area is 423 Å². The summed E-state index contributed by atoms with van der Waals surface area (Å²) in [6, 6.07) is 4.32. The van der Waals surface area contributed by atoms with Gasteiger partial charge in [-0.15, -0.1) is 0 Å². The van der Waals surface area contributed by atoms with Crippen LogP contribution in [0.15, 0.2) is 48.3 Å². The maximum Gasteiger partial charge on any atom is 0.316 e. The highest BCUT2D eigenvalue weighted by Crippen LogP contribution is 2.58. The van der Waals surface area contributed by atoms with E-state index in [-0.39, 0.29) is 50.3 Å².